The van der Waals surface area contributed by atoms with Crippen molar-refractivity contribution in [3.63, 3.8) is 0 Å². The molecule has 3 rings (SSSR count). The molecule has 4 nitrogen and oxygen atoms in total. The molecule has 2 aromatic carbocycles. The van der Waals surface area contributed by atoms with Gasteiger partial charge < -0.3 is 9.47 Å². The van der Waals surface area contributed by atoms with Gasteiger partial charge >= 0.3 is 5.97 Å². The van der Waals surface area contributed by atoms with Gasteiger partial charge in [-0.2, -0.15) is 4.37 Å². The van der Waals surface area contributed by atoms with E-state index in [1.807, 2.05) is 6.92 Å². The zero-order valence-electron chi connectivity index (χ0n) is 18.1. The second-order valence-corrected chi connectivity index (χ2v) is 8.03. The Morgan fingerprint density at radius 3 is 2.41 bits per heavy atom. The predicted octanol–water partition coefficient (Wildman–Crippen LogP) is 6.17. The second-order valence-electron chi connectivity index (χ2n) is 7.26. The maximum atomic E-state index is 14.6. The van der Waals surface area contributed by atoms with Crippen molar-refractivity contribution in [2.45, 2.75) is 46.6 Å². The number of aryl methyl sites for hydroxylation is 3. The first-order valence-corrected chi connectivity index (χ1v) is 11.1. The Labute approximate surface area is 189 Å². The van der Waals surface area contributed by atoms with Gasteiger partial charge in [0.1, 0.15) is 12.4 Å². The lowest BCUT2D eigenvalue weighted by atomic mass is 10.0. The number of esters is 1. The van der Waals surface area contributed by atoms with E-state index in [0.717, 1.165) is 29.2 Å². The molecule has 1 aromatic heterocycles. The van der Waals surface area contributed by atoms with Crippen LogP contribution in [0.2, 0.25) is 0 Å². The minimum Gasteiger partial charge on any atom is -0.483 e. The number of nitrogens with zero attached hydrogens (tertiary/aromatic N) is 1. The summed E-state index contributed by atoms with van der Waals surface area (Å²) in [6.07, 6.45) is 0.748. The Morgan fingerprint density at radius 1 is 1.06 bits per heavy atom. The fourth-order valence-electron chi connectivity index (χ4n) is 3.30. The molecule has 3 aromatic rings. The number of ether oxygens (including phenoxy) is 2. The van der Waals surface area contributed by atoms with Crippen LogP contribution in [0.5, 0.6) is 5.75 Å². The van der Waals surface area contributed by atoms with Crippen LogP contribution in [-0.2, 0) is 29.0 Å². The minimum absolute atomic E-state index is 0.0266. The molecule has 32 heavy (non-hydrogen) atoms. The largest absolute Gasteiger partial charge is 0.483 e. The Hall–Kier alpha value is -2.87. The molecule has 0 aliphatic carbocycles. The lowest BCUT2D eigenvalue weighted by molar-refractivity contribution is -0.143. The van der Waals surface area contributed by atoms with Gasteiger partial charge in [-0.1, -0.05) is 19.1 Å². The van der Waals surface area contributed by atoms with Crippen LogP contribution < -0.4 is 4.74 Å². The summed E-state index contributed by atoms with van der Waals surface area (Å²) in [6.45, 7) is 5.48. The summed E-state index contributed by atoms with van der Waals surface area (Å²) in [4.78, 5) is 12.0. The number of halogens is 3. The van der Waals surface area contributed by atoms with Gasteiger partial charge in [-0.15, -0.1) is 0 Å². The van der Waals surface area contributed by atoms with Crippen molar-refractivity contribution in [3.8, 4) is 16.2 Å². The Bertz CT molecular complexity index is 1090. The maximum absolute atomic E-state index is 14.6. The van der Waals surface area contributed by atoms with Crippen molar-refractivity contribution in [3.05, 3.63) is 70.2 Å². The van der Waals surface area contributed by atoms with Crippen LogP contribution in [0, 0.1) is 24.4 Å². The van der Waals surface area contributed by atoms with E-state index in [0.29, 0.717) is 33.7 Å². The monoisotopic (exact) mass is 463 g/mol. The van der Waals surface area contributed by atoms with Crippen LogP contribution in [0.1, 0.15) is 42.7 Å². The van der Waals surface area contributed by atoms with Crippen LogP contribution in [0.4, 0.5) is 13.2 Å². The highest BCUT2D eigenvalue weighted by Gasteiger charge is 2.20. The molecule has 0 fully saturated rings. The third-order valence-electron chi connectivity index (χ3n) is 4.92. The van der Waals surface area contributed by atoms with Crippen molar-refractivity contribution >= 4 is 17.5 Å². The summed E-state index contributed by atoms with van der Waals surface area (Å²) in [7, 11) is 0. The molecule has 1 heterocycles. The fraction of sp³-hybridized carbons (Fsp3) is 0.333. The minimum atomic E-state index is -0.867. The van der Waals surface area contributed by atoms with Crippen LogP contribution in [0.3, 0.4) is 0 Å². The molecule has 0 atom stereocenters. The highest BCUT2D eigenvalue weighted by molar-refractivity contribution is 7.09. The molecule has 0 bridgehead atoms. The van der Waals surface area contributed by atoms with Gasteiger partial charge in [0.25, 0.3) is 0 Å². The lowest BCUT2D eigenvalue weighted by Crippen LogP contribution is -2.06. The molecule has 0 aliphatic heterocycles. The number of hydrogen-bond donors (Lipinski definition) is 0. The maximum Gasteiger partial charge on any atom is 0.306 e. The van der Waals surface area contributed by atoms with E-state index in [1.165, 1.54) is 6.07 Å². The average molecular weight is 464 g/mol. The third kappa shape index (κ3) is 5.48. The summed E-state index contributed by atoms with van der Waals surface area (Å²) in [5.41, 5.74) is 2.79. The van der Waals surface area contributed by atoms with E-state index in [9.17, 15) is 18.0 Å². The second kappa shape index (κ2) is 10.6. The van der Waals surface area contributed by atoms with E-state index in [-0.39, 0.29) is 31.9 Å². The topological polar surface area (TPSA) is 48.4 Å². The summed E-state index contributed by atoms with van der Waals surface area (Å²) in [6, 6.07) is 7.18. The molecule has 170 valence electrons. The van der Waals surface area contributed by atoms with Crippen LogP contribution in [-0.4, -0.2) is 16.9 Å². The summed E-state index contributed by atoms with van der Waals surface area (Å²) < 4.78 is 58.4. The van der Waals surface area contributed by atoms with E-state index < -0.39 is 23.4 Å². The van der Waals surface area contributed by atoms with Gasteiger partial charge in [-0.05, 0) is 67.5 Å². The number of rotatable bonds is 9. The van der Waals surface area contributed by atoms with Crippen molar-refractivity contribution in [2.75, 3.05) is 6.61 Å². The summed E-state index contributed by atoms with van der Waals surface area (Å²) in [5.74, 6) is -3.07. The van der Waals surface area contributed by atoms with Gasteiger partial charge in [0.15, 0.2) is 17.4 Å². The molecular weight excluding hydrogens is 439 g/mol. The van der Waals surface area contributed by atoms with E-state index in [2.05, 4.69) is 4.37 Å². The molecule has 0 spiro atoms. The van der Waals surface area contributed by atoms with Crippen LogP contribution in [0.15, 0.2) is 30.3 Å². The molecule has 0 saturated heterocycles. The molecule has 0 aliphatic rings. The Balaban J connectivity index is 1.81. The first kappa shape index (κ1) is 23.8. The van der Waals surface area contributed by atoms with Crippen LogP contribution in [0.25, 0.3) is 10.4 Å². The van der Waals surface area contributed by atoms with Gasteiger partial charge in [0.2, 0.25) is 0 Å². The smallest absolute Gasteiger partial charge is 0.306 e. The van der Waals surface area contributed by atoms with E-state index >= 15 is 0 Å². The number of aromatic nitrogens is 1. The van der Waals surface area contributed by atoms with E-state index in [1.54, 1.807) is 26.0 Å². The highest BCUT2D eigenvalue weighted by Crippen LogP contribution is 2.34. The normalized spacial score (nSPS) is 10.9. The van der Waals surface area contributed by atoms with Gasteiger partial charge in [0.05, 0.1) is 17.2 Å². The van der Waals surface area contributed by atoms with Crippen molar-refractivity contribution < 1.29 is 27.4 Å². The molecule has 0 unspecified atom stereocenters. The zero-order valence-corrected chi connectivity index (χ0v) is 19.0. The standard InChI is InChI=1S/C24H24F3NO3S/c1-4-21-17(24(32-28-21)16-8-6-14(3)10-18(16)25)13-31-23-19(26)11-15(12-20(23)27)7-9-22(29)30-5-2/h6,8,10-12H,4-5,7,9,13H2,1-3H3. The molecule has 0 amide bonds. The average Bonchev–Trinajstić information content (AvgIpc) is 3.14. The van der Waals surface area contributed by atoms with Gasteiger partial charge in [0, 0.05) is 17.5 Å². The zero-order chi connectivity index (χ0) is 23.3. The highest BCUT2D eigenvalue weighted by atomic mass is 32.1. The summed E-state index contributed by atoms with van der Waals surface area (Å²) >= 11 is 1.13. The SMILES string of the molecule is CCOC(=O)CCc1cc(F)c(OCc2c(CC)nsc2-c2ccc(C)cc2F)c(F)c1. The summed E-state index contributed by atoms with van der Waals surface area (Å²) in [5, 5.41) is 0. The number of carbonyl (C=O) groups excluding carboxylic acids is 1. The number of hydrogen-bond acceptors (Lipinski definition) is 5. The fourth-order valence-corrected chi connectivity index (χ4v) is 4.29. The van der Waals surface area contributed by atoms with Crippen molar-refractivity contribution in [2.24, 2.45) is 0 Å². The van der Waals surface area contributed by atoms with Gasteiger partial charge in [-0.25, -0.2) is 13.2 Å². The Morgan fingerprint density at radius 2 is 1.78 bits per heavy atom. The van der Waals surface area contributed by atoms with Crippen molar-refractivity contribution in [1.29, 1.82) is 0 Å². The third-order valence-corrected chi connectivity index (χ3v) is 5.88. The first-order chi connectivity index (χ1) is 15.3. The molecule has 8 heteroatoms. The molecule has 0 radical (unpaired) electrons. The lowest BCUT2D eigenvalue weighted by Gasteiger charge is -2.12. The van der Waals surface area contributed by atoms with Gasteiger partial charge in [-0.3, -0.25) is 4.79 Å². The predicted molar refractivity (Wildman–Crippen MR) is 117 cm³/mol. The number of carbonyl (C=O) groups is 1. The van der Waals surface area contributed by atoms with Crippen LogP contribution >= 0.6 is 11.5 Å². The van der Waals surface area contributed by atoms with E-state index in [4.69, 9.17) is 9.47 Å². The molecule has 0 N–H and O–H groups in total. The molecule has 0 saturated carbocycles. The first-order valence-electron chi connectivity index (χ1n) is 10.3. The quantitative estimate of drug-likeness (QED) is 0.356. The number of benzene rings is 2. The van der Waals surface area contributed by atoms with Crippen molar-refractivity contribution in [1.82, 2.24) is 4.37 Å². The molecular formula is C24H24F3NO3S. The Kier molecular flexibility index (Phi) is 7.90.